The maximum Gasteiger partial charge on any atom is 0.338 e. The molecule has 0 saturated carbocycles. The molecule has 1 aromatic rings. The summed E-state index contributed by atoms with van der Waals surface area (Å²) in [5, 5.41) is 0. The Labute approximate surface area is 105 Å². The summed E-state index contributed by atoms with van der Waals surface area (Å²) in [5.74, 6) is -0.288. The molecule has 3 heteroatoms. The zero-order valence-corrected chi connectivity index (χ0v) is 11.9. The average molecular weight is 285 g/mol. The van der Waals surface area contributed by atoms with Crippen LogP contribution in [0.3, 0.4) is 0 Å². The van der Waals surface area contributed by atoms with Crippen LogP contribution >= 0.6 is 15.9 Å². The lowest BCUT2D eigenvalue weighted by atomic mass is 9.82. The standard InChI is InChI=1S/C13H17BrO2/c1-8-10(12(15)16-5)6-9(14)7-11(8)13(2,3)4/h6-7H,1-5H3. The van der Waals surface area contributed by atoms with Crippen molar-refractivity contribution in [3.63, 3.8) is 0 Å². The van der Waals surface area contributed by atoms with Crippen molar-refractivity contribution in [2.75, 3.05) is 7.11 Å². The van der Waals surface area contributed by atoms with Gasteiger partial charge in [0.1, 0.15) is 0 Å². The van der Waals surface area contributed by atoms with E-state index in [1.54, 1.807) is 6.07 Å². The molecule has 0 saturated heterocycles. The van der Waals surface area contributed by atoms with Gasteiger partial charge >= 0.3 is 5.97 Å². The van der Waals surface area contributed by atoms with E-state index in [0.29, 0.717) is 5.56 Å². The Morgan fingerprint density at radius 1 is 1.31 bits per heavy atom. The van der Waals surface area contributed by atoms with Crippen LogP contribution in [0.1, 0.15) is 42.3 Å². The Morgan fingerprint density at radius 3 is 2.31 bits per heavy atom. The van der Waals surface area contributed by atoms with Gasteiger partial charge in [-0.2, -0.15) is 0 Å². The number of esters is 1. The molecule has 0 atom stereocenters. The summed E-state index contributed by atoms with van der Waals surface area (Å²) in [7, 11) is 1.40. The van der Waals surface area contributed by atoms with Crippen molar-refractivity contribution in [3.8, 4) is 0 Å². The Hall–Kier alpha value is -0.830. The van der Waals surface area contributed by atoms with Gasteiger partial charge in [-0.05, 0) is 35.6 Å². The van der Waals surface area contributed by atoms with Crippen molar-refractivity contribution in [2.45, 2.75) is 33.1 Å². The fourth-order valence-electron chi connectivity index (χ4n) is 1.78. The van der Waals surface area contributed by atoms with Gasteiger partial charge in [-0.15, -0.1) is 0 Å². The van der Waals surface area contributed by atoms with Gasteiger partial charge in [-0.3, -0.25) is 0 Å². The molecule has 0 aliphatic carbocycles. The first-order valence-electron chi connectivity index (χ1n) is 5.16. The zero-order chi connectivity index (χ0) is 12.5. The van der Waals surface area contributed by atoms with E-state index in [9.17, 15) is 4.79 Å². The Bertz CT molecular complexity index is 417. The number of methoxy groups -OCH3 is 1. The SMILES string of the molecule is COC(=O)c1cc(Br)cc(C(C)(C)C)c1C. The number of carbonyl (C=O) groups is 1. The number of benzene rings is 1. The van der Waals surface area contributed by atoms with E-state index in [4.69, 9.17) is 4.74 Å². The van der Waals surface area contributed by atoms with Gasteiger partial charge < -0.3 is 4.74 Å². The third kappa shape index (κ3) is 2.64. The highest BCUT2D eigenvalue weighted by atomic mass is 79.9. The summed E-state index contributed by atoms with van der Waals surface area (Å²) in [6.45, 7) is 8.34. The molecule has 1 aromatic carbocycles. The van der Waals surface area contributed by atoms with Crippen molar-refractivity contribution in [3.05, 3.63) is 33.3 Å². The summed E-state index contributed by atoms with van der Waals surface area (Å²) in [5.41, 5.74) is 2.78. The van der Waals surface area contributed by atoms with Gasteiger partial charge in [-0.25, -0.2) is 4.79 Å². The number of rotatable bonds is 1. The van der Waals surface area contributed by atoms with Gasteiger partial charge in [0.05, 0.1) is 12.7 Å². The van der Waals surface area contributed by atoms with Gasteiger partial charge in [-0.1, -0.05) is 36.7 Å². The fourth-order valence-corrected chi connectivity index (χ4v) is 2.24. The molecule has 88 valence electrons. The predicted molar refractivity (Wildman–Crippen MR) is 68.9 cm³/mol. The molecule has 0 aliphatic rings. The van der Waals surface area contributed by atoms with Gasteiger partial charge in [0.2, 0.25) is 0 Å². The average Bonchev–Trinajstić information content (AvgIpc) is 2.18. The fraction of sp³-hybridized carbons (Fsp3) is 0.462. The number of hydrogen-bond acceptors (Lipinski definition) is 2. The predicted octanol–water partition coefficient (Wildman–Crippen LogP) is 3.84. The van der Waals surface area contributed by atoms with E-state index in [1.807, 2.05) is 6.92 Å². The first-order valence-corrected chi connectivity index (χ1v) is 5.95. The zero-order valence-electron chi connectivity index (χ0n) is 10.3. The van der Waals surface area contributed by atoms with Crippen molar-refractivity contribution >= 4 is 21.9 Å². The quantitative estimate of drug-likeness (QED) is 0.733. The van der Waals surface area contributed by atoms with Crippen LogP contribution in [0.2, 0.25) is 0 Å². The van der Waals surface area contributed by atoms with Crippen LogP contribution in [0.25, 0.3) is 0 Å². The van der Waals surface area contributed by atoms with E-state index >= 15 is 0 Å². The lowest BCUT2D eigenvalue weighted by Crippen LogP contribution is -2.16. The topological polar surface area (TPSA) is 26.3 Å². The monoisotopic (exact) mass is 284 g/mol. The van der Waals surface area contributed by atoms with Crippen LogP contribution in [0.4, 0.5) is 0 Å². The summed E-state index contributed by atoms with van der Waals surface area (Å²) in [6.07, 6.45) is 0. The molecule has 0 N–H and O–H groups in total. The van der Waals surface area contributed by atoms with E-state index in [0.717, 1.165) is 15.6 Å². The summed E-state index contributed by atoms with van der Waals surface area (Å²) >= 11 is 3.43. The maximum absolute atomic E-state index is 11.6. The molecule has 0 spiro atoms. The van der Waals surface area contributed by atoms with Gasteiger partial charge in [0, 0.05) is 4.47 Å². The van der Waals surface area contributed by atoms with Crippen LogP contribution in [-0.2, 0) is 10.2 Å². The van der Waals surface area contributed by atoms with Crippen molar-refractivity contribution < 1.29 is 9.53 Å². The number of halogens is 1. The molecule has 1 rings (SSSR count). The molecule has 0 bridgehead atoms. The minimum atomic E-state index is -0.288. The number of carbonyl (C=O) groups excluding carboxylic acids is 1. The molecule has 16 heavy (non-hydrogen) atoms. The van der Waals surface area contributed by atoms with Crippen LogP contribution < -0.4 is 0 Å². The van der Waals surface area contributed by atoms with Crippen LogP contribution in [0.5, 0.6) is 0 Å². The summed E-state index contributed by atoms with van der Waals surface area (Å²) in [6, 6.07) is 3.86. The second-order valence-corrected chi connectivity index (χ2v) is 5.78. The highest BCUT2D eigenvalue weighted by Crippen LogP contribution is 2.31. The molecule has 0 radical (unpaired) electrons. The third-order valence-corrected chi connectivity index (χ3v) is 3.04. The van der Waals surface area contributed by atoms with Crippen molar-refractivity contribution in [1.29, 1.82) is 0 Å². The molecule has 2 nitrogen and oxygen atoms in total. The first-order chi connectivity index (χ1) is 7.27. The van der Waals surface area contributed by atoms with Crippen molar-refractivity contribution in [1.82, 2.24) is 0 Å². The van der Waals surface area contributed by atoms with Crippen LogP contribution in [-0.4, -0.2) is 13.1 Å². The molecular formula is C13H17BrO2. The molecule has 0 aromatic heterocycles. The second-order valence-electron chi connectivity index (χ2n) is 4.87. The highest BCUT2D eigenvalue weighted by molar-refractivity contribution is 9.10. The van der Waals surface area contributed by atoms with E-state index in [-0.39, 0.29) is 11.4 Å². The smallest absolute Gasteiger partial charge is 0.338 e. The number of hydrogen-bond donors (Lipinski definition) is 0. The lowest BCUT2D eigenvalue weighted by Gasteiger charge is -2.23. The maximum atomic E-state index is 11.6. The summed E-state index contributed by atoms with van der Waals surface area (Å²) < 4.78 is 5.69. The second kappa shape index (κ2) is 4.58. The van der Waals surface area contributed by atoms with Crippen LogP contribution in [0, 0.1) is 6.92 Å². The van der Waals surface area contributed by atoms with E-state index < -0.39 is 0 Å². The molecule has 0 aliphatic heterocycles. The lowest BCUT2D eigenvalue weighted by molar-refractivity contribution is 0.0599. The largest absolute Gasteiger partial charge is 0.465 e. The van der Waals surface area contributed by atoms with Gasteiger partial charge in [0.25, 0.3) is 0 Å². The number of ether oxygens (including phenoxy) is 1. The minimum absolute atomic E-state index is 0.0106. The van der Waals surface area contributed by atoms with Crippen molar-refractivity contribution in [2.24, 2.45) is 0 Å². The minimum Gasteiger partial charge on any atom is -0.465 e. The Morgan fingerprint density at radius 2 is 1.88 bits per heavy atom. The Balaban J connectivity index is 3.44. The molecule has 0 fully saturated rings. The van der Waals surface area contributed by atoms with E-state index in [2.05, 4.69) is 42.8 Å². The molecule has 0 amide bonds. The molecule has 0 unspecified atom stereocenters. The van der Waals surface area contributed by atoms with E-state index in [1.165, 1.54) is 7.11 Å². The van der Waals surface area contributed by atoms with Crippen LogP contribution in [0.15, 0.2) is 16.6 Å². The first kappa shape index (κ1) is 13.2. The molecule has 0 heterocycles. The normalized spacial score (nSPS) is 11.4. The highest BCUT2D eigenvalue weighted by Gasteiger charge is 2.21. The third-order valence-electron chi connectivity index (χ3n) is 2.59. The molecular weight excluding hydrogens is 268 g/mol. The Kier molecular flexibility index (Phi) is 3.79. The summed E-state index contributed by atoms with van der Waals surface area (Å²) in [4.78, 5) is 11.6. The van der Waals surface area contributed by atoms with Gasteiger partial charge in [0.15, 0.2) is 0 Å².